The van der Waals surface area contributed by atoms with Gasteiger partial charge in [-0.2, -0.15) is 0 Å². The molecule has 1 aromatic rings. The van der Waals surface area contributed by atoms with Gasteiger partial charge in [0.25, 0.3) is 0 Å². The molecule has 106 valence electrons. The Hall–Kier alpha value is -0.890. The molecule has 2 nitrogen and oxygen atoms in total. The van der Waals surface area contributed by atoms with Crippen molar-refractivity contribution in [2.24, 2.45) is 11.3 Å². The summed E-state index contributed by atoms with van der Waals surface area (Å²) < 4.78 is 0. The van der Waals surface area contributed by atoms with Crippen LogP contribution in [0.15, 0.2) is 24.4 Å². The minimum atomic E-state index is 0.342. The molecule has 3 atom stereocenters. The van der Waals surface area contributed by atoms with Gasteiger partial charge in [-0.15, -0.1) is 0 Å². The minimum Gasteiger partial charge on any atom is -0.306 e. The number of pyridine rings is 1. The van der Waals surface area contributed by atoms with E-state index in [1.807, 2.05) is 12.3 Å². The number of rotatable bonds is 3. The third kappa shape index (κ3) is 3.79. The highest BCUT2D eigenvalue weighted by molar-refractivity contribution is 5.08. The Balaban J connectivity index is 2.04. The van der Waals surface area contributed by atoms with Crippen LogP contribution in [-0.2, 0) is 0 Å². The molecule has 2 heteroatoms. The van der Waals surface area contributed by atoms with Crippen molar-refractivity contribution in [3.63, 3.8) is 0 Å². The molecule has 1 heterocycles. The lowest BCUT2D eigenvalue weighted by molar-refractivity contribution is 0.124. The topological polar surface area (TPSA) is 24.9 Å². The first-order valence-electron chi connectivity index (χ1n) is 7.65. The van der Waals surface area contributed by atoms with Crippen LogP contribution in [0.4, 0.5) is 0 Å². The molecule has 0 saturated heterocycles. The maximum Gasteiger partial charge on any atom is 0.0570 e. The van der Waals surface area contributed by atoms with Crippen molar-refractivity contribution in [2.45, 2.75) is 65.5 Å². The molecule has 2 unspecified atom stereocenters. The zero-order chi connectivity index (χ0) is 13.9. The molecule has 2 rings (SSSR count). The van der Waals surface area contributed by atoms with Crippen LogP contribution in [-0.4, -0.2) is 11.0 Å². The molecule has 0 spiro atoms. The van der Waals surface area contributed by atoms with E-state index in [-0.39, 0.29) is 0 Å². The number of nitrogens with one attached hydrogen (secondary N) is 1. The van der Waals surface area contributed by atoms with E-state index in [4.69, 9.17) is 0 Å². The monoisotopic (exact) mass is 260 g/mol. The predicted molar refractivity (Wildman–Crippen MR) is 81.0 cm³/mol. The van der Waals surface area contributed by atoms with Gasteiger partial charge < -0.3 is 5.32 Å². The van der Waals surface area contributed by atoms with Gasteiger partial charge in [-0.25, -0.2) is 0 Å². The van der Waals surface area contributed by atoms with Gasteiger partial charge in [-0.05, 0) is 43.2 Å². The first-order chi connectivity index (χ1) is 8.98. The second-order valence-electron chi connectivity index (χ2n) is 7.01. The van der Waals surface area contributed by atoms with Crippen LogP contribution in [0.1, 0.15) is 65.1 Å². The van der Waals surface area contributed by atoms with Crippen molar-refractivity contribution >= 4 is 0 Å². The third-order valence-electron chi connectivity index (χ3n) is 4.47. The van der Waals surface area contributed by atoms with Crippen molar-refractivity contribution in [3.8, 4) is 0 Å². The van der Waals surface area contributed by atoms with Crippen LogP contribution < -0.4 is 5.32 Å². The average molecular weight is 260 g/mol. The van der Waals surface area contributed by atoms with Crippen molar-refractivity contribution in [1.82, 2.24) is 10.3 Å². The summed E-state index contributed by atoms with van der Waals surface area (Å²) in [6.07, 6.45) is 7.29. The van der Waals surface area contributed by atoms with E-state index in [0.717, 1.165) is 11.6 Å². The lowest BCUT2D eigenvalue weighted by atomic mass is 9.69. The van der Waals surface area contributed by atoms with Gasteiger partial charge in [0, 0.05) is 18.3 Å². The fourth-order valence-corrected chi connectivity index (χ4v) is 3.41. The Labute approximate surface area is 118 Å². The van der Waals surface area contributed by atoms with Gasteiger partial charge >= 0.3 is 0 Å². The molecule has 1 saturated carbocycles. The summed E-state index contributed by atoms with van der Waals surface area (Å²) >= 11 is 0. The quantitative estimate of drug-likeness (QED) is 0.874. The number of aromatic nitrogens is 1. The Kier molecular flexibility index (Phi) is 4.62. The maximum atomic E-state index is 4.47. The largest absolute Gasteiger partial charge is 0.306 e. The first-order valence-corrected chi connectivity index (χ1v) is 7.65. The number of nitrogens with zero attached hydrogens (tertiary/aromatic N) is 1. The Morgan fingerprint density at radius 3 is 2.58 bits per heavy atom. The fourth-order valence-electron chi connectivity index (χ4n) is 3.41. The predicted octanol–water partition coefficient (Wildman–Crippen LogP) is 4.34. The highest BCUT2D eigenvalue weighted by Gasteiger charge is 2.34. The second kappa shape index (κ2) is 6.04. The zero-order valence-electron chi connectivity index (χ0n) is 12.8. The van der Waals surface area contributed by atoms with Crippen LogP contribution >= 0.6 is 0 Å². The summed E-state index contributed by atoms with van der Waals surface area (Å²) in [5.74, 6) is 0.771. The van der Waals surface area contributed by atoms with E-state index in [9.17, 15) is 0 Å². The lowest BCUT2D eigenvalue weighted by Crippen LogP contribution is -2.45. The molecule has 1 aromatic heterocycles. The normalized spacial score (nSPS) is 26.1. The molecule has 0 radical (unpaired) electrons. The Morgan fingerprint density at radius 1 is 1.21 bits per heavy atom. The van der Waals surface area contributed by atoms with Crippen LogP contribution in [0.25, 0.3) is 0 Å². The molecular formula is C17H28N2. The van der Waals surface area contributed by atoms with E-state index in [2.05, 4.69) is 50.1 Å². The van der Waals surface area contributed by atoms with E-state index in [1.54, 1.807) is 0 Å². The fraction of sp³-hybridized carbons (Fsp3) is 0.706. The van der Waals surface area contributed by atoms with Gasteiger partial charge in [0.2, 0.25) is 0 Å². The Bertz CT molecular complexity index is 380. The maximum absolute atomic E-state index is 4.47. The van der Waals surface area contributed by atoms with Gasteiger partial charge in [0.1, 0.15) is 0 Å². The summed E-state index contributed by atoms with van der Waals surface area (Å²) in [5, 5.41) is 3.83. The van der Waals surface area contributed by atoms with Crippen LogP contribution in [0.5, 0.6) is 0 Å². The second-order valence-corrected chi connectivity index (χ2v) is 7.01. The number of hydrogen-bond donors (Lipinski definition) is 1. The average Bonchev–Trinajstić information content (AvgIpc) is 2.39. The highest BCUT2D eigenvalue weighted by Crippen LogP contribution is 2.38. The van der Waals surface area contributed by atoms with Crippen molar-refractivity contribution < 1.29 is 0 Å². The molecule has 1 N–H and O–H groups in total. The van der Waals surface area contributed by atoms with E-state index >= 15 is 0 Å². The van der Waals surface area contributed by atoms with E-state index in [0.29, 0.717) is 17.5 Å². The smallest absolute Gasteiger partial charge is 0.0570 e. The molecule has 0 aliphatic heterocycles. The van der Waals surface area contributed by atoms with E-state index in [1.165, 1.54) is 25.7 Å². The summed E-state index contributed by atoms with van der Waals surface area (Å²) in [7, 11) is 0. The van der Waals surface area contributed by atoms with Crippen molar-refractivity contribution in [3.05, 3.63) is 30.1 Å². The SMILES string of the molecule is C[C@H](NC1CCCCC1C(C)(C)C)c1ccccn1. The van der Waals surface area contributed by atoms with Gasteiger partial charge in [-0.1, -0.05) is 39.7 Å². The third-order valence-corrected chi connectivity index (χ3v) is 4.47. The van der Waals surface area contributed by atoms with Crippen LogP contribution in [0.3, 0.4) is 0 Å². The van der Waals surface area contributed by atoms with Gasteiger partial charge in [0.05, 0.1) is 5.69 Å². The van der Waals surface area contributed by atoms with E-state index < -0.39 is 0 Å². The first kappa shape index (κ1) is 14.5. The highest BCUT2D eigenvalue weighted by atomic mass is 15.0. The summed E-state index contributed by atoms with van der Waals surface area (Å²) in [5.41, 5.74) is 1.54. The molecule has 19 heavy (non-hydrogen) atoms. The zero-order valence-corrected chi connectivity index (χ0v) is 12.8. The standard InChI is InChI=1S/C17H28N2/c1-13(15-10-7-8-12-18-15)19-16-11-6-5-9-14(16)17(2,3)4/h7-8,10,12-14,16,19H,5-6,9,11H2,1-4H3/t13-,14?,16?/m0/s1. The van der Waals surface area contributed by atoms with Crippen molar-refractivity contribution in [2.75, 3.05) is 0 Å². The lowest BCUT2D eigenvalue weighted by Gasteiger charge is -2.42. The van der Waals surface area contributed by atoms with Crippen molar-refractivity contribution in [1.29, 1.82) is 0 Å². The van der Waals surface area contributed by atoms with Crippen LogP contribution in [0.2, 0.25) is 0 Å². The summed E-state index contributed by atoms with van der Waals surface area (Å²) in [6, 6.07) is 7.14. The van der Waals surface area contributed by atoms with Gasteiger partial charge in [-0.3, -0.25) is 4.98 Å². The minimum absolute atomic E-state index is 0.342. The van der Waals surface area contributed by atoms with Gasteiger partial charge in [0.15, 0.2) is 0 Å². The van der Waals surface area contributed by atoms with Crippen LogP contribution in [0, 0.1) is 11.3 Å². The summed E-state index contributed by atoms with van der Waals surface area (Å²) in [6.45, 7) is 9.37. The Morgan fingerprint density at radius 2 is 1.95 bits per heavy atom. The molecule has 0 bridgehead atoms. The number of hydrogen-bond acceptors (Lipinski definition) is 2. The summed E-state index contributed by atoms with van der Waals surface area (Å²) in [4.78, 5) is 4.47. The molecule has 1 aliphatic rings. The molecule has 1 aliphatic carbocycles. The molecule has 0 amide bonds. The molecular weight excluding hydrogens is 232 g/mol. The molecule has 1 fully saturated rings. The molecule has 0 aromatic carbocycles.